The van der Waals surface area contributed by atoms with Crippen molar-refractivity contribution in [3.63, 3.8) is 0 Å². The first-order valence-corrected chi connectivity index (χ1v) is 11.8. The number of aromatic nitrogens is 2. The van der Waals surface area contributed by atoms with Crippen molar-refractivity contribution in [2.45, 2.75) is 19.9 Å². The number of anilines is 2. The molecular weight excluding hydrogens is 473 g/mol. The Hall–Kier alpha value is -4.66. The van der Waals surface area contributed by atoms with Gasteiger partial charge in [0, 0.05) is 23.4 Å². The maximum Gasteiger partial charge on any atom is 0.322 e. The van der Waals surface area contributed by atoms with Crippen molar-refractivity contribution in [3.05, 3.63) is 90.7 Å². The fourth-order valence-electron chi connectivity index (χ4n) is 3.69. The van der Waals surface area contributed by atoms with Crippen molar-refractivity contribution in [2.75, 3.05) is 24.3 Å². The molecule has 0 unspecified atom stereocenters. The molecule has 3 aromatic carbocycles. The highest BCUT2D eigenvalue weighted by Crippen LogP contribution is 2.25. The fraction of sp³-hybridized carbons (Fsp3) is 0.179. The predicted molar refractivity (Wildman–Crippen MR) is 141 cm³/mol. The topological polar surface area (TPSA) is 88.5 Å². The number of urea groups is 1. The molecule has 1 heterocycles. The molecule has 0 aliphatic rings. The Bertz CT molecular complexity index is 1350. The van der Waals surface area contributed by atoms with Crippen LogP contribution in [0.5, 0.6) is 5.75 Å². The first-order valence-electron chi connectivity index (χ1n) is 11.8. The first-order chi connectivity index (χ1) is 17.8. The van der Waals surface area contributed by atoms with Crippen molar-refractivity contribution in [1.82, 2.24) is 14.7 Å². The molecule has 3 amide bonds. The largest absolute Gasteiger partial charge is 0.497 e. The number of benzene rings is 3. The van der Waals surface area contributed by atoms with E-state index in [9.17, 15) is 14.0 Å². The molecule has 0 bridgehead atoms. The molecule has 0 aliphatic carbocycles. The molecule has 0 aliphatic heterocycles. The summed E-state index contributed by atoms with van der Waals surface area (Å²) in [5.74, 6) is 0.294. The summed E-state index contributed by atoms with van der Waals surface area (Å²) in [5, 5.41) is 10.3. The Morgan fingerprint density at radius 2 is 1.65 bits per heavy atom. The van der Waals surface area contributed by atoms with Gasteiger partial charge in [0.2, 0.25) is 5.91 Å². The van der Waals surface area contributed by atoms with E-state index in [1.807, 2.05) is 44.2 Å². The van der Waals surface area contributed by atoms with Gasteiger partial charge in [0.25, 0.3) is 0 Å². The molecule has 0 atom stereocenters. The van der Waals surface area contributed by atoms with Crippen LogP contribution < -0.4 is 15.4 Å². The second-order valence-electron chi connectivity index (χ2n) is 8.60. The van der Waals surface area contributed by atoms with Crippen molar-refractivity contribution in [1.29, 1.82) is 0 Å². The number of nitrogens with zero attached hydrogens (tertiary/aromatic N) is 3. The maximum atomic E-state index is 13.5. The van der Waals surface area contributed by atoms with E-state index in [4.69, 9.17) is 4.74 Å². The van der Waals surface area contributed by atoms with Gasteiger partial charge in [0.15, 0.2) is 0 Å². The summed E-state index contributed by atoms with van der Waals surface area (Å²) >= 11 is 0. The maximum absolute atomic E-state index is 13.5. The van der Waals surface area contributed by atoms with Crippen molar-refractivity contribution in [2.24, 2.45) is 0 Å². The zero-order valence-corrected chi connectivity index (χ0v) is 20.8. The highest BCUT2D eigenvalue weighted by Gasteiger charge is 2.22. The second kappa shape index (κ2) is 11.4. The lowest BCUT2D eigenvalue weighted by Crippen LogP contribution is -2.44. The van der Waals surface area contributed by atoms with Gasteiger partial charge < -0.3 is 20.3 Å². The highest BCUT2D eigenvalue weighted by molar-refractivity contribution is 5.97. The van der Waals surface area contributed by atoms with E-state index in [0.717, 1.165) is 5.56 Å². The molecule has 4 aromatic rings. The fourth-order valence-corrected chi connectivity index (χ4v) is 3.69. The Balaban J connectivity index is 1.54. The van der Waals surface area contributed by atoms with Crippen molar-refractivity contribution in [3.8, 4) is 22.7 Å². The third-order valence-electron chi connectivity index (χ3n) is 5.66. The van der Waals surface area contributed by atoms with Crippen LogP contribution in [0.1, 0.15) is 13.8 Å². The summed E-state index contributed by atoms with van der Waals surface area (Å²) in [5.41, 5.74) is 2.66. The molecule has 4 rings (SSSR count). The van der Waals surface area contributed by atoms with Crippen LogP contribution >= 0.6 is 0 Å². The first kappa shape index (κ1) is 25.4. The molecule has 0 radical (unpaired) electrons. The molecule has 0 spiro atoms. The number of carbonyl (C=O) groups excluding carboxylic acids is 2. The Morgan fingerprint density at radius 1 is 0.973 bits per heavy atom. The minimum absolute atomic E-state index is 0.186. The monoisotopic (exact) mass is 501 g/mol. The van der Waals surface area contributed by atoms with Gasteiger partial charge in [-0.2, -0.15) is 5.10 Å². The van der Waals surface area contributed by atoms with Crippen LogP contribution in [-0.4, -0.2) is 46.3 Å². The molecule has 0 saturated carbocycles. The number of hydrogen-bond donors (Lipinski definition) is 2. The summed E-state index contributed by atoms with van der Waals surface area (Å²) in [7, 11) is 1.57. The van der Waals surface area contributed by atoms with Gasteiger partial charge in [-0.05, 0) is 62.4 Å². The van der Waals surface area contributed by atoms with Gasteiger partial charge in [0.1, 0.15) is 23.9 Å². The molecule has 0 saturated heterocycles. The third kappa shape index (κ3) is 6.32. The lowest BCUT2D eigenvalue weighted by molar-refractivity contribution is -0.117. The number of halogens is 1. The molecule has 0 fully saturated rings. The van der Waals surface area contributed by atoms with Gasteiger partial charge in [-0.15, -0.1) is 0 Å². The van der Waals surface area contributed by atoms with Crippen LogP contribution in [0, 0.1) is 5.82 Å². The van der Waals surface area contributed by atoms with Crippen LogP contribution in [0.25, 0.3) is 16.9 Å². The van der Waals surface area contributed by atoms with Gasteiger partial charge in [-0.3, -0.25) is 4.79 Å². The molecule has 190 valence electrons. The quantitative estimate of drug-likeness (QED) is 0.331. The van der Waals surface area contributed by atoms with Crippen LogP contribution in [0.3, 0.4) is 0 Å². The van der Waals surface area contributed by atoms with E-state index >= 15 is 0 Å². The normalized spacial score (nSPS) is 10.7. The summed E-state index contributed by atoms with van der Waals surface area (Å²) in [4.78, 5) is 27.5. The van der Waals surface area contributed by atoms with E-state index in [1.165, 1.54) is 21.7 Å². The molecule has 1 aromatic heterocycles. The second-order valence-corrected chi connectivity index (χ2v) is 8.60. The summed E-state index contributed by atoms with van der Waals surface area (Å²) in [6.45, 7) is 3.48. The van der Waals surface area contributed by atoms with Crippen LogP contribution in [0.2, 0.25) is 0 Å². The summed E-state index contributed by atoms with van der Waals surface area (Å²) in [6, 6.07) is 23.3. The number of methoxy groups -OCH3 is 1. The Kier molecular flexibility index (Phi) is 7.83. The Morgan fingerprint density at radius 3 is 2.27 bits per heavy atom. The van der Waals surface area contributed by atoms with E-state index in [1.54, 1.807) is 49.6 Å². The predicted octanol–water partition coefficient (Wildman–Crippen LogP) is 5.57. The average Bonchev–Trinajstić information content (AvgIpc) is 3.32. The molecule has 9 heteroatoms. The minimum atomic E-state index is -0.410. The standard InChI is InChI=1S/C28H28FN5O3/c1-19(2)33(28(36)30-22-11-15-24(37-3)16-12-22)18-27(35)31-26-17-25(20-7-5-4-6-8-20)32-34(26)23-13-9-21(29)10-14-23/h4-17,19H,18H2,1-3H3,(H,30,36)(H,31,35). The van der Waals surface area contributed by atoms with Crippen LogP contribution in [0.4, 0.5) is 20.7 Å². The van der Waals surface area contributed by atoms with E-state index in [-0.39, 0.29) is 18.4 Å². The molecular formula is C28H28FN5O3. The Labute approximate surface area is 214 Å². The molecule has 2 N–H and O–H groups in total. The number of ether oxygens (including phenoxy) is 1. The van der Waals surface area contributed by atoms with E-state index < -0.39 is 11.9 Å². The lowest BCUT2D eigenvalue weighted by Gasteiger charge is -2.26. The third-order valence-corrected chi connectivity index (χ3v) is 5.66. The zero-order valence-electron chi connectivity index (χ0n) is 20.8. The SMILES string of the molecule is COc1ccc(NC(=O)N(CC(=O)Nc2cc(-c3ccccc3)nn2-c2ccc(F)cc2)C(C)C)cc1. The minimum Gasteiger partial charge on any atom is -0.497 e. The van der Waals surface area contributed by atoms with Crippen LogP contribution in [0.15, 0.2) is 84.9 Å². The lowest BCUT2D eigenvalue weighted by atomic mass is 10.1. The smallest absolute Gasteiger partial charge is 0.322 e. The van der Waals surface area contributed by atoms with Crippen LogP contribution in [-0.2, 0) is 4.79 Å². The van der Waals surface area contributed by atoms with E-state index in [0.29, 0.717) is 28.6 Å². The molecule has 37 heavy (non-hydrogen) atoms. The summed E-state index contributed by atoms with van der Waals surface area (Å²) in [6.07, 6.45) is 0. The number of rotatable bonds is 8. The van der Waals surface area contributed by atoms with Crippen molar-refractivity contribution < 1.29 is 18.7 Å². The van der Waals surface area contributed by atoms with Gasteiger partial charge >= 0.3 is 6.03 Å². The number of amides is 3. The number of nitrogens with one attached hydrogen (secondary N) is 2. The average molecular weight is 502 g/mol. The zero-order chi connectivity index (χ0) is 26.4. The highest BCUT2D eigenvalue weighted by atomic mass is 19.1. The number of hydrogen-bond acceptors (Lipinski definition) is 4. The van der Waals surface area contributed by atoms with E-state index in [2.05, 4.69) is 15.7 Å². The number of carbonyl (C=O) groups is 2. The van der Waals surface area contributed by atoms with Gasteiger partial charge in [-0.25, -0.2) is 13.9 Å². The molecule has 8 nitrogen and oxygen atoms in total. The van der Waals surface area contributed by atoms with Gasteiger partial charge in [-0.1, -0.05) is 30.3 Å². The van der Waals surface area contributed by atoms with Crippen molar-refractivity contribution >= 4 is 23.4 Å². The summed E-state index contributed by atoms with van der Waals surface area (Å²) < 4.78 is 20.2. The van der Waals surface area contributed by atoms with Gasteiger partial charge in [0.05, 0.1) is 18.5 Å².